The molecule has 124 valence electrons. The molecule has 0 spiro atoms. The van der Waals surface area contributed by atoms with Gasteiger partial charge in [-0.3, -0.25) is 9.97 Å². The van der Waals surface area contributed by atoms with Crippen molar-refractivity contribution in [2.24, 2.45) is 0 Å². The summed E-state index contributed by atoms with van der Waals surface area (Å²) in [6.07, 6.45) is 6.82. The lowest BCUT2D eigenvalue weighted by Gasteiger charge is -2.32. The minimum atomic E-state index is -3.33. The second kappa shape index (κ2) is 6.60. The van der Waals surface area contributed by atoms with Crippen LogP contribution < -0.4 is 0 Å². The van der Waals surface area contributed by atoms with Gasteiger partial charge >= 0.3 is 0 Å². The molecule has 9 heteroatoms. The van der Waals surface area contributed by atoms with Crippen LogP contribution in [-0.4, -0.2) is 59.2 Å². The maximum absolute atomic E-state index is 12.2. The highest BCUT2D eigenvalue weighted by molar-refractivity contribution is 7.86. The summed E-state index contributed by atoms with van der Waals surface area (Å²) >= 11 is 1.53. The van der Waals surface area contributed by atoms with Crippen molar-refractivity contribution in [3.8, 4) is 10.6 Å². The second-order valence-corrected chi connectivity index (χ2v) is 8.69. The highest BCUT2D eigenvalue weighted by atomic mass is 32.2. The molecule has 0 bridgehead atoms. The Hall–Kier alpha value is -1.42. The fraction of sp³-hybridized carbons (Fsp3) is 0.500. The summed E-state index contributed by atoms with van der Waals surface area (Å²) in [5.74, 6) is 0.240. The fourth-order valence-electron chi connectivity index (χ4n) is 2.65. The van der Waals surface area contributed by atoms with Crippen LogP contribution in [0.3, 0.4) is 0 Å². The molecule has 1 saturated heterocycles. The van der Waals surface area contributed by atoms with Gasteiger partial charge in [-0.05, 0) is 12.8 Å². The number of thiazole rings is 1. The van der Waals surface area contributed by atoms with Crippen LogP contribution >= 0.6 is 11.3 Å². The normalized spacial score (nSPS) is 17.7. The lowest BCUT2D eigenvalue weighted by Crippen LogP contribution is -2.44. The quantitative estimate of drug-likeness (QED) is 0.834. The number of piperidine rings is 1. The lowest BCUT2D eigenvalue weighted by molar-refractivity contribution is 0.300. The molecule has 3 rings (SSSR count). The molecule has 1 fully saturated rings. The molecule has 0 aliphatic carbocycles. The van der Waals surface area contributed by atoms with Gasteiger partial charge in [-0.1, -0.05) is 0 Å². The molecule has 7 nitrogen and oxygen atoms in total. The molecule has 0 radical (unpaired) electrons. The Morgan fingerprint density at radius 3 is 2.52 bits per heavy atom. The van der Waals surface area contributed by atoms with Crippen molar-refractivity contribution in [3.05, 3.63) is 29.8 Å². The molecule has 0 saturated carbocycles. The monoisotopic (exact) mass is 353 g/mol. The van der Waals surface area contributed by atoms with Crippen LogP contribution in [0.15, 0.2) is 24.1 Å². The molecule has 0 atom stereocenters. The minimum absolute atomic E-state index is 0.240. The molecule has 0 unspecified atom stereocenters. The number of hydrogen-bond acceptors (Lipinski definition) is 6. The van der Waals surface area contributed by atoms with Crippen molar-refractivity contribution in [3.63, 3.8) is 0 Å². The smallest absolute Gasteiger partial charge is 0.261 e. The van der Waals surface area contributed by atoms with Crippen LogP contribution in [0, 0.1) is 0 Å². The van der Waals surface area contributed by atoms with Gasteiger partial charge in [-0.2, -0.15) is 17.0 Å². The molecule has 0 aromatic carbocycles. The first-order valence-electron chi connectivity index (χ1n) is 7.37. The van der Waals surface area contributed by atoms with Crippen molar-refractivity contribution in [2.45, 2.75) is 18.8 Å². The van der Waals surface area contributed by atoms with Gasteiger partial charge in [0.2, 0.25) is 0 Å². The predicted octanol–water partition coefficient (Wildman–Crippen LogP) is 1.59. The van der Waals surface area contributed by atoms with Crippen LogP contribution in [0.5, 0.6) is 0 Å². The standard InChI is InChI=1S/C14H19N5O2S2/c1-18(2)23(20,21)19-5-3-11(4-6-19)12-7-15-8-13(17-12)14-9-16-10-22-14/h7-11H,3-6H2,1-2H3. The van der Waals surface area contributed by atoms with Gasteiger partial charge < -0.3 is 0 Å². The van der Waals surface area contributed by atoms with Crippen LogP contribution in [0.2, 0.25) is 0 Å². The third kappa shape index (κ3) is 3.42. The predicted molar refractivity (Wildman–Crippen MR) is 89.3 cm³/mol. The number of hydrogen-bond donors (Lipinski definition) is 0. The van der Waals surface area contributed by atoms with Crippen LogP contribution in [-0.2, 0) is 10.2 Å². The van der Waals surface area contributed by atoms with E-state index in [1.807, 2.05) is 0 Å². The Morgan fingerprint density at radius 2 is 1.91 bits per heavy atom. The molecule has 1 aliphatic heterocycles. The van der Waals surface area contributed by atoms with E-state index < -0.39 is 10.2 Å². The first-order valence-corrected chi connectivity index (χ1v) is 9.64. The first kappa shape index (κ1) is 16.4. The van der Waals surface area contributed by atoms with Crippen molar-refractivity contribution >= 4 is 21.5 Å². The number of aromatic nitrogens is 3. The molecule has 2 aromatic heterocycles. The Labute approximate surface area is 140 Å². The largest absolute Gasteiger partial charge is 0.281 e. The number of rotatable bonds is 4. The zero-order chi connectivity index (χ0) is 16.4. The molecule has 2 aromatic rings. The highest BCUT2D eigenvalue weighted by Gasteiger charge is 2.30. The summed E-state index contributed by atoms with van der Waals surface area (Å²) in [7, 11) is -0.203. The molecule has 23 heavy (non-hydrogen) atoms. The maximum Gasteiger partial charge on any atom is 0.281 e. The maximum atomic E-state index is 12.2. The summed E-state index contributed by atoms with van der Waals surface area (Å²) in [6.45, 7) is 1.02. The molecular weight excluding hydrogens is 334 g/mol. The van der Waals surface area contributed by atoms with E-state index in [4.69, 9.17) is 4.98 Å². The average molecular weight is 353 g/mol. The average Bonchev–Trinajstić information content (AvgIpc) is 3.09. The Kier molecular flexibility index (Phi) is 4.72. The van der Waals surface area contributed by atoms with Crippen molar-refractivity contribution in [1.82, 2.24) is 23.6 Å². The second-order valence-electron chi connectivity index (χ2n) is 5.66. The summed E-state index contributed by atoms with van der Waals surface area (Å²) in [4.78, 5) is 14.0. The van der Waals surface area contributed by atoms with Crippen LogP contribution in [0.25, 0.3) is 10.6 Å². The van der Waals surface area contributed by atoms with E-state index in [1.165, 1.54) is 19.9 Å². The van der Waals surface area contributed by atoms with E-state index in [0.717, 1.165) is 29.1 Å². The van der Waals surface area contributed by atoms with Gasteiger partial charge in [0, 0.05) is 45.5 Å². The molecule has 3 heterocycles. The SMILES string of the molecule is CN(C)S(=O)(=O)N1CCC(c2cncc(-c3cncs3)n2)CC1. The van der Waals surface area contributed by atoms with E-state index in [0.29, 0.717) is 13.1 Å². The van der Waals surface area contributed by atoms with Crippen molar-refractivity contribution in [1.29, 1.82) is 0 Å². The van der Waals surface area contributed by atoms with Gasteiger partial charge in [-0.25, -0.2) is 4.98 Å². The summed E-state index contributed by atoms with van der Waals surface area (Å²) in [5, 5.41) is 0. The van der Waals surface area contributed by atoms with Crippen LogP contribution in [0.4, 0.5) is 0 Å². The fourth-order valence-corrected chi connectivity index (χ4v) is 4.36. The van der Waals surface area contributed by atoms with Gasteiger partial charge in [0.25, 0.3) is 10.2 Å². The van der Waals surface area contributed by atoms with E-state index in [-0.39, 0.29) is 5.92 Å². The van der Waals surface area contributed by atoms with E-state index >= 15 is 0 Å². The molecule has 0 amide bonds. The molecule has 0 N–H and O–H groups in total. The topological polar surface area (TPSA) is 79.3 Å². The van der Waals surface area contributed by atoms with E-state index in [1.54, 1.807) is 38.2 Å². The summed E-state index contributed by atoms with van der Waals surface area (Å²) < 4.78 is 27.1. The third-order valence-electron chi connectivity index (χ3n) is 4.00. The highest BCUT2D eigenvalue weighted by Crippen LogP contribution is 2.29. The Balaban J connectivity index is 1.72. The molecular formula is C14H19N5O2S2. The van der Waals surface area contributed by atoms with Crippen molar-refractivity contribution < 1.29 is 8.42 Å². The Bertz CT molecular complexity index is 753. The zero-order valence-corrected chi connectivity index (χ0v) is 14.7. The van der Waals surface area contributed by atoms with E-state index in [9.17, 15) is 8.42 Å². The Morgan fingerprint density at radius 1 is 1.17 bits per heavy atom. The lowest BCUT2D eigenvalue weighted by atomic mass is 9.95. The molecule has 1 aliphatic rings. The van der Waals surface area contributed by atoms with Gasteiger partial charge in [0.15, 0.2) is 0 Å². The summed E-state index contributed by atoms with van der Waals surface area (Å²) in [5.41, 5.74) is 3.53. The van der Waals surface area contributed by atoms with Gasteiger partial charge in [0.05, 0.1) is 22.3 Å². The van der Waals surface area contributed by atoms with Gasteiger partial charge in [-0.15, -0.1) is 11.3 Å². The van der Waals surface area contributed by atoms with E-state index in [2.05, 4.69) is 9.97 Å². The van der Waals surface area contributed by atoms with Gasteiger partial charge in [0.1, 0.15) is 5.69 Å². The summed E-state index contributed by atoms with van der Waals surface area (Å²) in [6, 6.07) is 0. The minimum Gasteiger partial charge on any atom is -0.261 e. The first-order chi connectivity index (χ1) is 11.0. The number of nitrogens with zero attached hydrogens (tertiary/aromatic N) is 5. The third-order valence-corrected chi connectivity index (χ3v) is 6.73. The van der Waals surface area contributed by atoms with Crippen molar-refractivity contribution in [2.75, 3.05) is 27.2 Å². The zero-order valence-electron chi connectivity index (χ0n) is 13.1. The van der Waals surface area contributed by atoms with Crippen LogP contribution in [0.1, 0.15) is 24.5 Å².